The summed E-state index contributed by atoms with van der Waals surface area (Å²) in [6.45, 7) is 1.50. The molecule has 1 heterocycles. The number of hydrogen-bond acceptors (Lipinski definition) is 6. The molecule has 146 valence electrons. The maximum Gasteiger partial charge on any atom is 0.341 e. The van der Waals surface area contributed by atoms with Crippen molar-refractivity contribution in [1.29, 1.82) is 0 Å². The lowest BCUT2D eigenvalue weighted by Gasteiger charge is -2.13. The van der Waals surface area contributed by atoms with Gasteiger partial charge in [0.2, 0.25) is 9.84 Å². The van der Waals surface area contributed by atoms with Gasteiger partial charge in [-0.05, 0) is 43.3 Å². The van der Waals surface area contributed by atoms with Gasteiger partial charge in [-0.2, -0.15) is 8.78 Å². The van der Waals surface area contributed by atoms with E-state index in [1.165, 1.54) is 6.92 Å². The van der Waals surface area contributed by atoms with Crippen LogP contribution >= 0.6 is 0 Å². The van der Waals surface area contributed by atoms with E-state index in [2.05, 4.69) is 9.97 Å². The summed E-state index contributed by atoms with van der Waals surface area (Å²) >= 11 is 0. The van der Waals surface area contributed by atoms with E-state index < -0.39 is 32.6 Å². The van der Waals surface area contributed by atoms with E-state index in [0.717, 1.165) is 24.3 Å². The van der Waals surface area contributed by atoms with E-state index in [-0.39, 0.29) is 16.9 Å². The van der Waals surface area contributed by atoms with Gasteiger partial charge in [-0.1, -0.05) is 12.1 Å². The molecular formula is C18H14F2N2O5S. The quantitative estimate of drug-likeness (QED) is 0.651. The molecule has 0 radical (unpaired) electrons. The van der Waals surface area contributed by atoms with Crippen LogP contribution in [0.3, 0.4) is 0 Å². The van der Waals surface area contributed by atoms with Crippen molar-refractivity contribution in [3.63, 3.8) is 0 Å². The van der Waals surface area contributed by atoms with Crippen LogP contribution in [0.15, 0.2) is 58.2 Å². The Balaban J connectivity index is 1.80. The molecule has 1 unspecified atom stereocenters. The van der Waals surface area contributed by atoms with Crippen molar-refractivity contribution in [2.75, 3.05) is 0 Å². The summed E-state index contributed by atoms with van der Waals surface area (Å²) in [6, 6.07) is 10.6. The van der Waals surface area contributed by atoms with Crippen LogP contribution in [0.1, 0.15) is 29.2 Å². The van der Waals surface area contributed by atoms with Crippen LogP contribution in [-0.4, -0.2) is 30.1 Å². The van der Waals surface area contributed by atoms with Gasteiger partial charge in [-0.25, -0.2) is 18.2 Å². The minimum atomic E-state index is -4.75. The molecule has 3 aromatic rings. The van der Waals surface area contributed by atoms with Crippen LogP contribution < -0.4 is 5.56 Å². The third-order valence-electron chi connectivity index (χ3n) is 3.95. The van der Waals surface area contributed by atoms with Crippen LogP contribution in [0.25, 0.3) is 10.9 Å². The number of halogens is 2. The number of H-pyrrole nitrogens is 1. The average Bonchev–Trinajstić information content (AvgIpc) is 2.67. The summed E-state index contributed by atoms with van der Waals surface area (Å²) in [5.74, 6) is -4.25. The lowest BCUT2D eigenvalue weighted by Crippen LogP contribution is -2.17. The summed E-state index contributed by atoms with van der Waals surface area (Å²) in [5.41, 5.74) is 0.0129. The van der Waals surface area contributed by atoms with Gasteiger partial charge in [0.05, 0.1) is 21.4 Å². The third-order valence-corrected chi connectivity index (χ3v) is 5.35. The summed E-state index contributed by atoms with van der Waals surface area (Å²) in [7, 11) is -4.75. The van der Waals surface area contributed by atoms with Gasteiger partial charge in [0.25, 0.3) is 5.56 Å². The van der Waals surface area contributed by atoms with Gasteiger partial charge in [0, 0.05) is 0 Å². The Bertz CT molecular complexity index is 1190. The maximum absolute atomic E-state index is 12.5. The predicted molar refractivity (Wildman–Crippen MR) is 95.8 cm³/mol. The Morgan fingerprint density at radius 1 is 1.11 bits per heavy atom. The first kappa shape index (κ1) is 19.6. The molecule has 0 aliphatic carbocycles. The zero-order valence-corrected chi connectivity index (χ0v) is 15.2. The number of rotatable bonds is 5. The van der Waals surface area contributed by atoms with Crippen LogP contribution in [0, 0.1) is 0 Å². The van der Waals surface area contributed by atoms with Crippen molar-refractivity contribution in [2.45, 2.75) is 23.7 Å². The number of alkyl halides is 2. The summed E-state index contributed by atoms with van der Waals surface area (Å²) in [4.78, 5) is 30.5. The number of para-hydroxylation sites is 1. The van der Waals surface area contributed by atoms with Gasteiger partial charge >= 0.3 is 11.7 Å². The molecule has 28 heavy (non-hydrogen) atoms. The van der Waals surface area contributed by atoms with Gasteiger partial charge in [-0.15, -0.1) is 0 Å². The number of benzene rings is 2. The zero-order valence-electron chi connectivity index (χ0n) is 14.4. The first-order chi connectivity index (χ1) is 13.2. The second-order valence-corrected chi connectivity index (χ2v) is 7.76. The molecule has 2 aromatic carbocycles. The minimum Gasteiger partial charge on any atom is -0.451 e. The van der Waals surface area contributed by atoms with Crippen molar-refractivity contribution in [3.8, 4) is 0 Å². The molecule has 0 amide bonds. The number of hydrogen-bond donors (Lipinski definition) is 1. The second kappa shape index (κ2) is 7.47. The van der Waals surface area contributed by atoms with Crippen molar-refractivity contribution < 1.29 is 26.7 Å². The standard InChI is InChI=1S/C18H14F2N2O5S/c1-10(15-21-14-5-3-2-4-13(14)16(23)22-15)27-17(24)11-6-8-12(9-7-11)28(25,26)18(19)20/h2-10,18H,1H3,(H,21,22,23). The monoisotopic (exact) mass is 408 g/mol. The molecule has 7 nitrogen and oxygen atoms in total. The molecule has 0 spiro atoms. The number of fused-ring (bicyclic) bond motifs is 1. The van der Waals surface area contributed by atoms with Crippen molar-refractivity contribution >= 4 is 26.7 Å². The number of ether oxygens (including phenoxy) is 1. The Labute approximate surface area is 157 Å². The third kappa shape index (κ3) is 3.77. The fourth-order valence-corrected chi connectivity index (χ4v) is 3.19. The Kier molecular flexibility index (Phi) is 5.23. The number of nitrogens with one attached hydrogen (secondary N) is 1. The SMILES string of the molecule is CC(OC(=O)c1ccc(S(=O)(=O)C(F)F)cc1)c1nc2ccccc2c(=O)[nH]1. The number of carbonyl (C=O) groups is 1. The van der Waals surface area contributed by atoms with E-state index in [1.54, 1.807) is 24.3 Å². The fourth-order valence-electron chi connectivity index (χ4n) is 2.47. The Hall–Kier alpha value is -3.14. The lowest BCUT2D eigenvalue weighted by molar-refractivity contribution is 0.0320. The highest BCUT2D eigenvalue weighted by Crippen LogP contribution is 2.20. The highest BCUT2D eigenvalue weighted by atomic mass is 32.2. The van der Waals surface area contributed by atoms with Crippen LogP contribution in [0.5, 0.6) is 0 Å². The smallest absolute Gasteiger partial charge is 0.341 e. The number of sulfone groups is 1. The predicted octanol–water partition coefficient (Wildman–Crippen LogP) is 2.84. The van der Waals surface area contributed by atoms with E-state index >= 15 is 0 Å². The number of aromatic nitrogens is 2. The van der Waals surface area contributed by atoms with E-state index in [0.29, 0.717) is 10.9 Å². The van der Waals surface area contributed by atoms with Crippen LogP contribution in [0.4, 0.5) is 8.78 Å². The Morgan fingerprint density at radius 3 is 2.39 bits per heavy atom. The van der Waals surface area contributed by atoms with Crippen molar-refractivity contribution in [1.82, 2.24) is 9.97 Å². The maximum atomic E-state index is 12.5. The first-order valence-electron chi connectivity index (χ1n) is 8.02. The molecule has 10 heteroatoms. The molecule has 0 saturated heterocycles. The molecular weight excluding hydrogens is 394 g/mol. The molecule has 1 aromatic heterocycles. The van der Waals surface area contributed by atoms with E-state index in [9.17, 15) is 26.8 Å². The average molecular weight is 408 g/mol. The van der Waals surface area contributed by atoms with Gasteiger partial charge in [-0.3, -0.25) is 4.79 Å². The molecule has 3 rings (SSSR count). The zero-order chi connectivity index (χ0) is 20.5. The van der Waals surface area contributed by atoms with E-state index in [4.69, 9.17) is 4.74 Å². The number of nitrogens with zero attached hydrogens (tertiary/aromatic N) is 1. The molecule has 0 saturated carbocycles. The number of aromatic amines is 1. The summed E-state index contributed by atoms with van der Waals surface area (Å²) in [6.07, 6.45) is -0.908. The number of carbonyl (C=O) groups excluding carboxylic acids is 1. The molecule has 1 atom stereocenters. The molecule has 0 aliphatic rings. The lowest BCUT2D eigenvalue weighted by atomic mass is 10.2. The molecule has 0 aliphatic heterocycles. The summed E-state index contributed by atoms with van der Waals surface area (Å²) < 4.78 is 53.1. The molecule has 0 bridgehead atoms. The minimum absolute atomic E-state index is 0.0387. The largest absolute Gasteiger partial charge is 0.451 e. The molecule has 1 N–H and O–H groups in total. The summed E-state index contributed by atoms with van der Waals surface area (Å²) in [5, 5.41) is 0.389. The highest BCUT2D eigenvalue weighted by Gasteiger charge is 2.26. The highest BCUT2D eigenvalue weighted by molar-refractivity contribution is 7.91. The Morgan fingerprint density at radius 2 is 1.75 bits per heavy atom. The van der Waals surface area contributed by atoms with E-state index in [1.807, 2.05) is 0 Å². The normalized spacial score (nSPS) is 12.9. The van der Waals surface area contributed by atoms with Crippen LogP contribution in [0.2, 0.25) is 0 Å². The van der Waals surface area contributed by atoms with Gasteiger partial charge in [0.1, 0.15) is 0 Å². The van der Waals surface area contributed by atoms with Crippen molar-refractivity contribution in [3.05, 3.63) is 70.3 Å². The first-order valence-corrected chi connectivity index (χ1v) is 9.57. The second-order valence-electron chi connectivity index (χ2n) is 5.85. The van der Waals surface area contributed by atoms with Gasteiger partial charge < -0.3 is 9.72 Å². The fraction of sp³-hybridized carbons (Fsp3) is 0.167. The number of esters is 1. The van der Waals surface area contributed by atoms with Crippen LogP contribution in [-0.2, 0) is 14.6 Å². The van der Waals surface area contributed by atoms with Gasteiger partial charge in [0.15, 0.2) is 11.9 Å². The molecule has 0 fully saturated rings. The topological polar surface area (TPSA) is 106 Å². The van der Waals surface area contributed by atoms with Crippen molar-refractivity contribution in [2.24, 2.45) is 0 Å².